The molecule has 0 radical (unpaired) electrons. The maximum atomic E-state index is 13.6. The molecule has 1 N–H and O–H groups in total. The summed E-state index contributed by atoms with van der Waals surface area (Å²) in [5.74, 6) is -0.187. The van der Waals surface area contributed by atoms with E-state index in [1.165, 1.54) is 16.1 Å². The van der Waals surface area contributed by atoms with Crippen LogP contribution in [0.3, 0.4) is 0 Å². The number of likely N-dealkylation sites (N-methyl/N-ethyl adjacent to an activating group) is 1. The summed E-state index contributed by atoms with van der Waals surface area (Å²) in [7, 11) is 2.05. The number of hydrogen-bond donors (Lipinski definition) is 1. The lowest BCUT2D eigenvalue weighted by molar-refractivity contribution is -0.124. The molecule has 4 rings (SSSR count). The fraction of sp³-hybridized carbons (Fsp3) is 0.321. The van der Waals surface area contributed by atoms with Crippen molar-refractivity contribution in [2.45, 2.75) is 32.2 Å². The number of benzene rings is 2. The van der Waals surface area contributed by atoms with Crippen molar-refractivity contribution in [3.05, 3.63) is 94.2 Å². The monoisotopic (exact) mass is 459 g/mol. The van der Waals surface area contributed by atoms with Crippen molar-refractivity contribution in [3.8, 4) is 0 Å². The molecule has 5 heteroatoms. The minimum Gasteiger partial charge on any atom is -0.372 e. The third-order valence-corrected chi connectivity index (χ3v) is 7.48. The zero-order valence-corrected chi connectivity index (χ0v) is 20.6. The molecule has 0 saturated carbocycles. The van der Waals surface area contributed by atoms with Gasteiger partial charge >= 0.3 is 0 Å². The molecular formula is C28H33N3OS. The minimum atomic E-state index is -0.269. The van der Waals surface area contributed by atoms with E-state index < -0.39 is 0 Å². The van der Waals surface area contributed by atoms with Crippen LogP contribution < -0.4 is 10.2 Å². The molecule has 33 heavy (non-hydrogen) atoms. The maximum Gasteiger partial charge on any atom is 0.230 e. The summed E-state index contributed by atoms with van der Waals surface area (Å²) in [5.41, 5.74) is 5.59. The number of aryl methyl sites for hydroxylation is 1. The summed E-state index contributed by atoms with van der Waals surface area (Å²) in [6, 6.07) is 20.9. The zero-order valence-electron chi connectivity index (χ0n) is 19.8. The molecule has 0 fully saturated rings. The molecular weight excluding hydrogens is 426 g/mol. The first-order valence-corrected chi connectivity index (χ1v) is 12.5. The number of fused-ring (bicyclic) bond motifs is 1. The van der Waals surface area contributed by atoms with Gasteiger partial charge in [-0.3, -0.25) is 4.79 Å². The lowest BCUT2D eigenvalue weighted by Crippen LogP contribution is -2.42. The van der Waals surface area contributed by atoms with Gasteiger partial charge in [0, 0.05) is 48.5 Å². The number of carbonyl (C=O) groups is 1. The molecule has 1 amide bonds. The van der Waals surface area contributed by atoms with E-state index in [-0.39, 0.29) is 17.9 Å². The second kappa shape index (κ2) is 10.3. The smallest absolute Gasteiger partial charge is 0.230 e. The quantitative estimate of drug-likeness (QED) is 0.431. The molecule has 172 valence electrons. The molecule has 3 aromatic rings. The number of nitrogens with zero attached hydrogens (tertiary/aromatic N) is 2. The van der Waals surface area contributed by atoms with Crippen molar-refractivity contribution in [2.75, 3.05) is 31.6 Å². The molecule has 1 aliphatic rings. The lowest BCUT2D eigenvalue weighted by atomic mass is 9.81. The van der Waals surface area contributed by atoms with E-state index in [1.807, 2.05) is 19.2 Å². The Balaban J connectivity index is 1.47. The van der Waals surface area contributed by atoms with Crippen molar-refractivity contribution in [1.29, 1.82) is 0 Å². The summed E-state index contributed by atoms with van der Waals surface area (Å²) >= 11 is 1.70. The van der Waals surface area contributed by atoms with Crippen LogP contribution in [0.5, 0.6) is 0 Å². The fourth-order valence-electron chi connectivity index (χ4n) is 4.77. The van der Waals surface area contributed by atoms with Crippen LogP contribution in [0.1, 0.15) is 46.9 Å². The Bertz CT molecular complexity index is 1110. The van der Waals surface area contributed by atoms with Crippen LogP contribution in [-0.2, 0) is 4.79 Å². The van der Waals surface area contributed by atoms with Crippen molar-refractivity contribution < 1.29 is 4.79 Å². The van der Waals surface area contributed by atoms with Gasteiger partial charge in [0.2, 0.25) is 5.91 Å². The number of amides is 1. The van der Waals surface area contributed by atoms with Crippen LogP contribution in [0.2, 0.25) is 0 Å². The molecule has 2 unspecified atom stereocenters. The van der Waals surface area contributed by atoms with E-state index >= 15 is 0 Å². The van der Waals surface area contributed by atoms with Gasteiger partial charge in [0.05, 0.1) is 12.0 Å². The Hall–Kier alpha value is -3.05. The predicted octanol–water partition coefficient (Wildman–Crippen LogP) is 5.83. The van der Waals surface area contributed by atoms with E-state index in [9.17, 15) is 4.79 Å². The van der Waals surface area contributed by atoms with E-state index in [4.69, 9.17) is 0 Å². The van der Waals surface area contributed by atoms with Crippen LogP contribution in [0.15, 0.2) is 72.6 Å². The van der Waals surface area contributed by atoms with Gasteiger partial charge < -0.3 is 15.1 Å². The first kappa shape index (κ1) is 23.1. The van der Waals surface area contributed by atoms with Crippen LogP contribution in [0.4, 0.5) is 5.69 Å². The minimum absolute atomic E-state index is 0.0492. The van der Waals surface area contributed by atoms with Gasteiger partial charge in [-0.15, -0.1) is 11.3 Å². The maximum absolute atomic E-state index is 13.6. The van der Waals surface area contributed by atoms with E-state index in [0.717, 1.165) is 36.3 Å². The van der Waals surface area contributed by atoms with Crippen LogP contribution in [0, 0.1) is 6.92 Å². The molecule has 4 nitrogen and oxygen atoms in total. The van der Waals surface area contributed by atoms with E-state index in [2.05, 4.69) is 89.5 Å². The van der Waals surface area contributed by atoms with Gasteiger partial charge in [0.25, 0.3) is 0 Å². The summed E-state index contributed by atoms with van der Waals surface area (Å²) in [6.45, 7) is 11.1. The van der Waals surface area contributed by atoms with Crippen LogP contribution in [0.25, 0.3) is 5.70 Å². The largest absolute Gasteiger partial charge is 0.372 e. The molecule has 1 aromatic heterocycles. The summed E-state index contributed by atoms with van der Waals surface area (Å²) in [4.78, 5) is 19.3. The fourth-order valence-corrected chi connectivity index (χ4v) is 5.67. The van der Waals surface area contributed by atoms with E-state index in [1.54, 1.807) is 11.3 Å². The number of rotatable bonds is 8. The lowest BCUT2D eigenvalue weighted by Gasteiger charge is -2.41. The highest BCUT2D eigenvalue weighted by Gasteiger charge is 2.40. The molecule has 2 heterocycles. The van der Waals surface area contributed by atoms with Gasteiger partial charge in [-0.25, -0.2) is 0 Å². The second-order valence-electron chi connectivity index (χ2n) is 8.65. The Morgan fingerprint density at radius 3 is 2.70 bits per heavy atom. The van der Waals surface area contributed by atoms with Crippen molar-refractivity contribution in [1.82, 2.24) is 10.2 Å². The Kier molecular flexibility index (Phi) is 7.19. The van der Waals surface area contributed by atoms with Crippen LogP contribution in [-0.4, -0.2) is 37.5 Å². The zero-order chi connectivity index (χ0) is 23.4. The molecule has 0 saturated heterocycles. The van der Waals surface area contributed by atoms with Gasteiger partial charge in [0.1, 0.15) is 0 Å². The van der Waals surface area contributed by atoms with Gasteiger partial charge in [-0.05, 0) is 55.0 Å². The molecule has 0 spiro atoms. The summed E-state index contributed by atoms with van der Waals surface area (Å²) in [5, 5.41) is 5.32. The van der Waals surface area contributed by atoms with E-state index in [0.29, 0.717) is 6.54 Å². The third kappa shape index (κ3) is 4.83. The number of thiophene rings is 1. The normalized spacial score (nSPS) is 17.5. The molecule has 2 atom stereocenters. The Labute approximate surface area is 201 Å². The Morgan fingerprint density at radius 1 is 1.15 bits per heavy atom. The topological polar surface area (TPSA) is 35.6 Å². The van der Waals surface area contributed by atoms with Gasteiger partial charge in [-0.1, -0.05) is 49.0 Å². The van der Waals surface area contributed by atoms with Crippen molar-refractivity contribution in [3.63, 3.8) is 0 Å². The SMILES string of the molecule is C=C1c2ccccc2C(C(=O)NCCCN(CC)c2cccc(C)c2)C(c2cccs2)N1C. The van der Waals surface area contributed by atoms with Crippen molar-refractivity contribution >= 4 is 28.6 Å². The highest BCUT2D eigenvalue weighted by Crippen LogP contribution is 2.47. The van der Waals surface area contributed by atoms with Crippen LogP contribution >= 0.6 is 11.3 Å². The predicted molar refractivity (Wildman–Crippen MR) is 140 cm³/mol. The van der Waals surface area contributed by atoms with Crippen molar-refractivity contribution in [2.24, 2.45) is 0 Å². The molecule has 0 bridgehead atoms. The highest BCUT2D eigenvalue weighted by molar-refractivity contribution is 7.10. The molecule has 0 aliphatic carbocycles. The first-order valence-electron chi connectivity index (χ1n) is 11.6. The Morgan fingerprint density at radius 2 is 1.97 bits per heavy atom. The number of anilines is 1. The summed E-state index contributed by atoms with van der Waals surface area (Å²) in [6.07, 6.45) is 0.897. The second-order valence-corrected chi connectivity index (χ2v) is 9.63. The standard InChI is InChI=1S/C28H33N3OS/c1-5-31(22-12-8-11-20(2)19-22)17-10-16-29-28(32)26-24-14-7-6-13-23(24)21(3)30(4)27(26)25-15-9-18-33-25/h6-9,11-15,18-19,26-27H,3,5,10,16-17H2,1-2,4H3,(H,29,32). The van der Waals surface area contributed by atoms with Gasteiger partial charge in [-0.2, -0.15) is 0 Å². The number of nitrogens with one attached hydrogen (secondary N) is 1. The number of carbonyl (C=O) groups excluding carboxylic acids is 1. The van der Waals surface area contributed by atoms with Gasteiger partial charge in [0.15, 0.2) is 0 Å². The third-order valence-electron chi connectivity index (χ3n) is 6.54. The molecule has 1 aliphatic heterocycles. The average Bonchev–Trinajstić information content (AvgIpc) is 3.35. The summed E-state index contributed by atoms with van der Waals surface area (Å²) < 4.78 is 0. The average molecular weight is 460 g/mol. The highest BCUT2D eigenvalue weighted by atomic mass is 32.1. The number of hydrogen-bond acceptors (Lipinski definition) is 4. The molecule has 2 aromatic carbocycles. The first-order chi connectivity index (χ1) is 16.0.